The first-order valence-electron chi connectivity index (χ1n) is 7.12. The fourth-order valence-corrected chi connectivity index (χ4v) is 3.07. The highest BCUT2D eigenvalue weighted by Crippen LogP contribution is 2.36. The molecule has 3 heteroatoms. The fraction of sp³-hybridized carbons (Fsp3) is 0.562. The maximum atomic E-state index is 5.43. The van der Waals surface area contributed by atoms with Gasteiger partial charge in [0.15, 0.2) is 0 Å². The van der Waals surface area contributed by atoms with Gasteiger partial charge in [-0.05, 0) is 12.0 Å². The SMILES string of the molecule is CC1(C)CC(N2CCOCC2)N=C1c1ccccc1. The summed E-state index contributed by atoms with van der Waals surface area (Å²) >= 11 is 0. The van der Waals surface area contributed by atoms with Crippen molar-refractivity contribution < 1.29 is 4.74 Å². The topological polar surface area (TPSA) is 24.8 Å². The zero-order valence-electron chi connectivity index (χ0n) is 11.8. The van der Waals surface area contributed by atoms with Gasteiger partial charge in [0.1, 0.15) is 6.17 Å². The van der Waals surface area contributed by atoms with Crippen LogP contribution in [0.3, 0.4) is 0 Å². The smallest absolute Gasteiger partial charge is 0.103 e. The lowest BCUT2D eigenvalue weighted by Crippen LogP contribution is -2.42. The highest BCUT2D eigenvalue weighted by molar-refractivity contribution is 6.05. The highest BCUT2D eigenvalue weighted by Gasteiger charge is 2.38. The van der Waals surface area contributed by atoms with Crippen LogP contribution in [0.25, 0.3) is 0 Å². The molecular weight excluding hydrogens is 236 g/mol. The molecular formula is C16H22N2O. The molecule has 0 N–H and O–H groups in total. The molecule has 0 spiro atoms. The highest BCUT2D eigenvalue weighted by atomic mass is 16.5. The second kappa shape index (κ2) is 5.06. The van der Waals surface area contributed by atoms with Gasteiger partial charge in [-0.2, -0.15) is 0 Å². The van der Waals surface area contributed by atoms with Crippen LogP contribution in [-0.2, 0) is 4.74 Å². The van der Waals surface area contributed by atoms with Crippen LogP contribution in [0.1, 0.15) is 25.8 Å². The molecule has 2 aliphatic rings. The van der Waals surface area contributed by atoms with E-state index < -0.39 is 0 Å². The van der Waals surface area contributed by atoms with Crippen LogP contribution in [0.15, 0.2) is 35.3 Å². The average Bonchev–Trinajstić information content (AvgIpc) is 2.77. The number of benzene rings is 1. The van der Waals surface area contributed by atoms with Gasteiger partial charge < -0.3 is 4.74 Å². The van der Waals surface area contributed by atoms with Gasteiger partial charge in [0.25, 0.3) is 0 Å². The predicted octanol–water partition coefficient (Wildman–Crippen LogP) is 2.56. The first-order chi connectivity index (χ1) is 9.17. The quantitative estimate of drug-likeness (QED) is 0.814. The van der Waals surface area contributed by atoms with Crippen LogP contribution in [0.5, 0.6) is 0 Å². The summed E-state index contributed by atoms with van der Waals surface area (Å²) in [5.41, 5.74) is 2.68. The van der Waals surface area contributed by atoms with E-state index in [0.29, 0.717) is 6.17 Å². The maximum absolute atomic E-state index is 5.43. The third-order valence-corrected chi connectivity index (χ3v) is 4.13. The first kappa shape index (κ1) is 12.8. The molecule has 1 unspecified atom stereocenters. The van der Waals surface area contributed by atoms with E-state index in [1.54, 1.807) is 0 Å². The van der Waals surface area contributed by atoms with Gasteiger partial charge in [0.2, 0.25) is 0 Å². The van der Waals surface area contributed by atoms with Crippen molar-refractivity contribution in [2.75, 3.05) is 26.3 Å². The molecule has 0 amide bonds. The molecule has 0 bridgehead atoms. The number of hydrogen-bond donors (Lipinski definition) is 0. The molecule has 1 aromatic rings. The molecule has 0 aromatic heterocycles. The molecule has 1 saturated heterocycles. The lowest BCUT2D eigenvalue weighted by atomic mass is 9.82. The molecule has 3 rings (SSSR count). The van der Waals surface area contributed by atoms with Gasteiger partial charge in [-0.25, -0.2) is 0 Å². The van der Waals surface area contributed by atoms with Gasteiger partial charge >= 0.3 is 0 Å². The minimum atomic E-state index is 0.157. The van der Waals surface area contributed by atoms with Crippen molar-refractivity contribution in [2.45, 2.75) is 26.4 Å². The lowest BCUT2D eigenvalue weighted by molar-refractivity contribution is 0.0155. The third-order valence-electron chi connectivity index (χ3n) is 4.13. The van der Waals surface area contributed by atoms with Gasteiger partial charge in [0, 0.05) is 24.2 Å². The van der Waals surface area contributed by atoms with E-state index in [1.807, 2.05) is 0 Å². The summed E-state index contributed by atoms with van der Waals surface area (Å²) in [5.74, 6) is 0. The number of ether oxygens (including phenoxy) is 1. The molecule has 1 aromatic carbocycles. The van der Waals surface area contributed by atoms with E-state index in [9.17, 15) is 0 Å². The Labute approximate surface area is 115 Å². The molecule has 0 radical (unpaired) electrons. The predicted molar refractivity (Wildman–Crippen MR) is 77.6 cm³/mol. The Balaban J connectivity index is 1.85. The van der Waals surface area contributed by atoms with E-state index in [2.05, 4.69) is 49.1 Å². The summed E-state index contributed by atoms with van der Waals surface area (Å²) in [6.45, 7) is 8.30. The standard InChI is InChI=1S/C16H22N2O/c1-16(2)12-14(18-8-10-19-11-9-18)17-15(16)13-6-4-3-5-7-13/h3-7,14H,8-12H2,1-2H3. The zero-order chi connectivity index (χ0) is 13.3. The normalized spacial score (nSPS) is 27.3. The summed E-state index contributed by atoms with van der Waals surface area (Å²) < 4.78 is 5.43. The minimum Gasteiger partial charge on any atom is -0.379 e. The molecule has 1 fully saturated rings. The molecule has 102 valence electrons. The summed E-state index contributed by atoms with van der Waals surface area (Å²) in [7, 11) is 0. The van der Waals surface area contributed by atoms with Crippen LogP contribution in [-0.4, -0.2) is 43.1 Å². The number of rotatable bonds is 2. The fourth-order valence-electron chi connectivity index (χ4n) is 3.07. The second-order valence-corrected chi connectivity index (χ2v) is 6.06. The van der Waals surface area contributed by atoms with E-state index in [-0.39, 0.29) is 5.41 Å². The number of nitrogens with zero attached hydrogens (tertiary/aromatic N) is 2. The molecule has 0 saturated carbocycles. The minimum absolute atomic E-state index is 0.157. The van der Waals surface area contributed by atoms with E-state index in [0.717, 1.165) is 32.7 Å². The Morgan fingerprint density at radius 3 is 2.53 bits per heavy atom. The maximum Gasteiger partial charge on any atom is 0.103 e. The second-order valence-electron chi connectivity index (χ2n) is 6.06. The molecule has 2 heterocycles. The van der Waals surface area contributed by atoms with Crippen molar-refractivity contribution >= 4 is 5.71 Å². The van der Waals surface area contributed by atoms with Crippen molar-refractivity contribution in [1.82, 2.24) is 4.90 Å². The van der Waals surface area contributed by atoms with E-state index in [4.69, 9.17) is 9.73 Å². The van der Waals surface area contributed by atoms with Crippen LogP contribution in [0.4, 0.5) is 0 Å². The number of hydrogen-bond acceptors (Lipinski definition) is 3. The van der Waals surface area contributed by atoms with Gasteiger partial charge in [0.05, 0.1) is 13.2 Å². The van der Waals surface area contributed by atoms with Crippen LogP contribution < -0.4 is 0 Å². The Morgan fingerprint density at radius 2 is 1.84 bits per heavy atom. The number of morpholine rings is 1. The zero-order valence-corrected chi connectivity index (χ0v) is 11.8. The molecule has 3 nitrogen and oxygen atoms in total. The Bertz CT molecular complexity index is 461. The Kier molecular flexibility index (Phi) is 3.42. The van der Waals surface area contributed by atoms with Crippen molar-refractivity contribution in [3.8, 4) is 0 Å². The van der Waals surface area contributed by atoms with Crippen molar-refractivity contribution in [3.63, 3.8) is 0 Å². The third kappa shape index (κ3) is 2.58. The lowest BCUT2D eigenvalue weighted by Gasteiger charge is -2.31. The van der Waals surface area contributed by atoms with Crippen molar-refractivity contribution in [1.29, 1.82) is 0 Å². The summed E-state index contributed by atoms with van der Waals surface area (Å²) in [5, 5.41) is 0. The molecule has 0 aliphatic carbocycles. The molecule has 1 atom stereocenters. The first-order valence-corrected chi connectivity index (χ1v) is 7.12. The van der Waals surface area contributed by atoms with E-state index in [1.165, 1.54) is 11.3 Å². The monoisotopic (exact) mass is 258 g/mol. The van der Waals surface area contributed by atoms with Gasteiger partial charge in [-0.3, -0.25) is 9.89 Å². The Morgan fingerprint density at radius 1 is 1.16 bits per heavy atom. The van der Waals surface area contributed by atoms with E-state index >= 15 is 0 Å². The largest absolute Gasteiger partial charge is 0.379 e. The van der Waals surface area contributed by atoms with Crippen LogP contribution in [0.2, 0.25) is 0 Å². The van der Waals surface area contributed by atoms with Crippen LogP contribution in [0, 0.1) is 5.41 Å². The number of aliphatic imine (C=N–C) groups is 1. The van der Waals surface area contributed by atoms with Crippen molar-refractivity contribution in [2.24, 2.45) is 10.4 Å². The van der Waals surface area contributed by atoms with Gasteiger partial charge in [-0.1, -0.05) is 44.2 Å². The summed E-state index contributed by atoms with van der Waals surface area (Å²) in [4.78, 5) is 7.48. The summed E-state index contributed by atoms with van der Waals surface area (Å²) in [6, 6.07) is 10.6. The van der Waals surface area contributed by atoms with Crippen LogP contribution >= 0.6 is 0 Å². The summed E-state index contributed by atoms with van der Waals surface area (Å²) in [6.07, 6.45) is 1.44. The Hall–Kier alpha value is -1.19. The van der Waals surface area contributed by atoms with Crippen molar-refractivity contribution in [3.05, 3.63) is 35.9 Å². The average molecular weight is 258 g/mol. The molecule has 19 heavy (non-hydrogen) atoms. The molecule has 2 aliphatic heterocycles. The van der Waals surface area contributed by atoms with Gasteiger partial charge in [-0.15, -0.1) is 0 Å².